The number of aromatic hydroxyl groups is 1. The Morgan fingerprint density at radius 1 is 1.50 bits per heavy atom. The predicted octanol–water partition coefficient (Wildman–Crippen LogP) is 2.60. The van der Waals surface area contributed by atoms with Gasteiger partial charge in [-0.3, -0.25) is 0 Å². The molecule has 0 atom stereocenters. The van der Waals surface area contributed by atoms with Crippen LogP contribution in [0.15, 0.2) is 21.1 Å². The lowest BCUT2D eigenvalue weighted by Gasteiger charge is -1.94. The van der Waals surface area contributed by atoms with Crippen molar-refractivity contribution >= 4 is 26.9 Å². The van der Waals surface area contributed by atoms with Crippen LogP contribution in [0.1, 0.15) is 5.69 Å². The fraction of sp³-hybridized carbons (Fsp3) is 0.125. The maximum absolute atomic E-state index is 9.29. The van der Waals surface area contributed by atoms with Gasteiger partial charge in [0.2, 0.25) is 0 Å². The summed E-state index contributed by atoms with van der Waals surface area (Å²) in [6.07, 6.45) is 0. The van der Waals surface area contributed by atoms with E-state index in [-0.39, 0.29) is 5.75 Å². The minimum atomic E-state index is 0.165. The summed E-state index contributed by atoms with van der Waals surface area (Å²) in [5.74, 6) is 0.165. The second-order valence-electron chi connectivity index (χ2n) is 2.54. The van der Waals surface area contributed by atoms with Gasteiger partial charge in [0.05, 0.1) is 5.69 Å². The molecule has 0 fully saturated rings. The molecule has 0 spiro atoms. The molecule has 1 aromatic heterocycles. The average Bonchev–Trinajstić information content (AvgIpc) is 2.41. The molecule has 0 saturated carbocycles. The summed E-state index contributed by atoms with van der Waals surface area (Å²) < 4.78 is 5.56. The number of hydrogen-bond acceptors (Lipinski definition) is 3. The molecule has 12 heavy (non-hydrogen) atoms. The summed E-state index contributed by atoms with van der Waals surface area (Å²) in [4.78, 5) is 0. The number of benzene rings is 1. The van der Waals surface area contributed by atoms with E-state index in [2.05, 4.69) is 21.1 Å². The third kappa shape index (κ3) is 0.914. The van der Waals surface area contributed by atoms with Gasteiger partial charge in [-0.15, -0.1) is 0 Å². The fourth-order valence-electron chi connectivity index (χ4n) is 1.08. The number of nitrogens with zero attached hydrogens (tertiary/aromatic N) is 1. The van der Waals surface area contributed by atoms with Crippen molar-refractivity contribution in [3.05, 3.63) is 22.3 Å². The first-order valence-electron chi connectivity index (χ1n) is 3.43. The highest BCUT2D eigenvalue weighted by atomic mass is 79.9. The highest BCUT2D eigenvalue weighted by Gasteiger charge is 2.10. The molecule has 1 aromatic carbocycles. The standard InChI is InChI=1S/C8H6BrNO2/c1-4-5-2-3-6(11)7(9)8(5)12-10-4/h2-3,11H,1H3. The van der Waals surface area contributed by atoms with E-state index in [4.69, 9.17) is 4.52 Å². The summed E-state index contributed by atoms with van der Waals surface area (Å²) >= 11 is 3.21. The molecule has 3 nitrogen and oxygen atoms in total. The van der Waals surface area contributed by atoms with Gasteiger partial charge in [-0.1, -0.05) is 5.16 Å². The topological polar surface area (TPSA) is 46.3 Å². The summed E-state index contributed by atoms with van der Waals surface area (Å²) in [6.45, 7) is 1.86. The van der Waals surface area contributed by atoms with Crippen LogP contribution in [0, 0.1) is 6.92 Å². The van der Waals surface area contributed by atoms with E-state index in [9.17, 15) is 5.11 Å². The smallest absolute Gasteiger partial charge is 0.185 e. The molecule has 4 heteroatoms. The van der Waals surface area contributed by atoms with E-state index < -0.39 is 0 Å². The highest BCUT2D eigenvalue weighted by Crippen LogP contribution is 2.33. The van der Waals surface area contributed by atoms with Crippen molar-refractivity contribution in [2.45, 2.75) is 6.92 Å². The molecule has 62 valence electrons. The molecule has 0 bridgehead atoms. The fourth-order valence-corrected chi connectivity index (χ4v) is 1.50. The number of hydrogen-bond donors (Lipinski definition) is 1. The van der Waals surface area contributed by atoms with E-state index in [0.29, 0.717) is 10.1 Å². The normalized spacial score (nSPS) is 10.8. The summed E-state index contributed by atoms with van der Waals surface area (Å²) in [7, 11) is 0. The van der Waals surface area contributed by atoms with Gasteiger partial charge in [0.15, 0.2) is 5.58 Å². The molecule has 1 N–H and O–H groups in total. The third-order valence-electron chi connectivity index (χ3n) is 1.74. The van der Waals surface area contributed by atoms with Gasteiger partial charge < -0.3 is 9.63 Å². The number of aryl methyl sites for hydroxylation is 1. The molecular weight excluding hydrogens is 222 g/mol. The summed E-state index contributed by atoms with van der Waals surface area (Å²) in [5.41, 5.74) is 1.42. The van der Waals surface area contributed by atoms with Gasteiger partial charge in [-0.2, -0.15) is 0 Å². The Kier molecular flexibility index (Phi) is 1.58. The molecule has 2 rings (SSSR count). The van der Waals surface area contributed by atoms with Gasteiger partial charge >= 0.3 is 0 Å². The van der Waals surface area contributed by atoms with E-state index in [1.807, 2.05) is 6.92 Å². The van der Waals surface area contributed by atoms with Gasteiger partial charge in [-0.25, -0.2) is 0 Å². The minimum absolute atomic E-state index is 0.165. The highest BCUT2D eigenvalue weighted by molar-refractivity contribution is 9.10. The second-order valence-corrected chi connectivity index (χ2v) is 3.34. The van der Waals surface area contributed by atoms with Gasteiger partial charge in [0.25, 0.3) is 0 Å². The Hall–Kier alpha value is -1.03. The maximum atomic E-state index is 9.29. The van der Waals surface area contributed by atoms with E-state index >= 15 is 0 Å². The van der Waals surface area contributed by atoms with Crippen LogP contribution < -0.4 is 0 Å². The van der Waals surface area contributed by atoms with E-state index in [1.165, 1.54) is 0 Å². The summed E-state index contributed by atoms with van der Waals surface area (Å²) in [5, 5.41) is 14.0. The molecule has 0 aliphatic rings. The Balaban J connectivity index is 2.93. The molecular formula is C8H6BrNO2. The van der Waals surface area contributed by atoms with Gasteiger partial charge in [0, 0.05) is 5.39 Å². The van der Waals surface area contributed by atoms with Crippen LogP contribution in [-0.4, -0.2) is 10.3 Å². The van der Waals surface area contributed by atoms with E-state index in [0.717, 1.165) is 11.1 Å². The number of phenolic OH excluding ortho intramolecular Hbond substituents is 1. The number of rotatable bonds is 0. The second kappa shape index (κ2) is 2.48. The van der Waals surface area contributed by atoms with Crippen LogP contribution in [0.4, 0.5) is 0 Å². The molecule has 0 radical (unpaired) electrons. The van der Waals surface area contributed by atoms with Crippen LogP contribution in [0.25, 0.3) is 11.0 Å². The quantitative estimate of drug-likeness (QED) is 0.753. The maximum Gasteiger partial charge on any atom is 0.185 e. The number of phenols is 1. The Morgan fingerprint density at radius 2 is 2.25 bits per heavy atom. The van der Waals surface area contributed by atoms with Crippen molar-refractivity contribution in [3.63, 3.8) is 0 Å². The zero-order chi connectivity index (χ0) is 8.72. The van der Waals surface area contributed by atoms with Crippen molar-refractivity contribution in [2.75, 3.05) is 0 Å². The number of aromatic nitrogens is 1. The average molecular weight is 228 g/mol. The molecule has 1 heterocycles. The van der Waals surface area contributed by atoms with Crippen LogP contribution >= 0.6 is 15.9 Å². The van der Waals surface area contributed by atoms with Crippen molar-refractivity contribution in [3.8, 4) is 5.75 Å². The monoisotopic (exact) mass is 227 g/mol. The van der Waals surface area contributed by atoms with E-state index in [1.54, 1.807) is 12.1 Å². The third-order valence-corrected chi connectivity index (χ3v) is 2.51. The predicted molar refractivity (Wildman–Crippen MR) is 48.1 cm³/mol. The lowest BCUT2D eigenvalue weighted by molar-refractivity contribution is 0.441. The Labute approximate surface area is 77.1 Å². The molecule has 2 aromatic rings. The number of fused-ring (bicyclic) bond motifs is 1. The zero-order valence-electron chi connectivity index (χ0n) is 6.34. The molecule has 0 aliphatic carbocycles. The van der Waals surface area contributed by atoms with Crippen LogP contribution in [0.3, 0.4) is 0 Å². The van der Waals surface area contributed by atoms with Crippen molar-refractivity contribution in [1.29, 1.82) is 0 Å². The zero-order valence-corrected chi connectivity index (χ0v) is 7.92. The van der Waals surface area contributed by atoms with Crippen LogP contribution in [0.5, 0.6) is 5.75 Å². The number of halogens is 1. The van der Waals surface area contributed by atoms with Crippen molar-refractivity contribution in [1.82, 2.24) is 5.16 Å². The largest absolute Gasteiger partial charge is 0.507 e. The van der Waals surface area contributed by atoms with Crippen LogP contribution in [-0.2, 0) is 0 Å². The summed E-state index contributed by atoms with van der Waals surface area (Å²) in [6, 6.07) is 3.39. The van der Waals surface area contributed by atoms with Gasteiger partial charge in [-0.05, 0) is 35.0 Å². The first-order valence-corrected chi connectivity index (χ1v) is 4.23. The Bertz CT molecular complexity index is 436. The van der Waals surface area contributed by atoms with Crippen molar-refractivity contribution in [2.24, 2.45) is 0 Å². The first-order chi connectivity index (χ1) is 5.70. The molecule has 0 unspecified atom stereocenters. The SMILES string of the molecule is Cc1noc2c(Br)c(O)ccc12. The van der Waals surface area contributed by atoms with Gasteiger partial charge in [0.1, 0.15) is 10.2 Å². The lowest BCUT2D eigenvalue weighted by atomic mass is 10.2. The minimum Gasteiger partial charge on any atom is -0.507 e. The molecule has 0 amide bonds. The van der Waals surface area contributed by atoms with Crippen LogP contribution in [0.2, 0.25) is 0 Å². The molecule has 0 saturated heterocycles. The Morgan fingerprint density at radius 3 is 3.00 bits per heavy atom. The van der Waals surface area contributed by atoms with Crippen molar-refractivity contribution < 1.29 is 9.63 Å². The lowest BCUT2D eigenvalue weighted by Crippen LogP contribution is -1.71. The molecule has 0 aliphatic heterocycles. The first kappa shape index (κ1) is 7.61.